The van der Waals surface area contributed by atoms with E-state index >= 15 is 0 Å². The molecule has 0 aliphatic rings. The third kappa shape index (κ3) is 3.44. The molecule has 0 radical (unpaired) electrons. The van der Waals surface area contributed by atoms with Gasteiger partial charge in [-0.25, -0.2) is 4.39 Å². The Hall–Kier alpha value is -1.82. The first-order valence-corrected chi connectivity index (χ1v) is 6.71. The number of amides is 1. The standard InChI is InChI=1S/C14H12Cl2FN3O/c1-7-4-8(2-3-12(7)20-18)14(21)19-13-10(15)5-9(17)6-11(13)16/h2-6,20H,18H2,1H3,(H,19,21). The van der Waals surface area contributed by atoms with Gasteiger partial charge in [-0.15, -0.1) is 0 Å². The van der Waals surface area contributed by atoms with E-state index in [-0.39, 0.29) is 15.7 Å². The van der Waals surface area contributed by atoms with Crippen LogP contribution in [0.5, 0.6) is 0 Å². The number of halogens is 3. The minimum atomic E-state index is -0.572. The van der Waals surface area contributed by atoms with E-state index in [1.807, 2.05) is 6.92 Å². The topological polar surface area (TPSA) is 67.2 Å². The molecule has 2 aromatic rings. The molecule has 4 N–H and O–H groups in total. The average Bonchev–Trinajstić information content (AvgIpc) is 2.42. The molecule has 4 nitrogen and oxygen atoms in total. The molecule has 2 aromatic carbocycles. The zero-order chi connectivity index (χ0) is 15.6. The molecular weight excluding hydrogens is 316 g/mol. The summed E-state index contributed by atoms with van der Waals surface area (Å²) in [6.45, 7) is 1.81. The maximum atomic E-state index is 13.1. The van der Waals surface area contributed by atoms with E-state index in [1.165, 1.54) is 0 Å². The Morgan fingerprint density at radius 2 is 1.81 bits per heavy atom. The van der Waals surface area contributed by atoms with Crippen LogP contribution in [0.3, 0.4) is 0 Å². The van der Waals surface area contributed by atoms with Gasteiger partial charge in [-0.2, -0.15) is 0 Å². The molecule has 2 rings (SSSR count). The van der Waals surface area contributed by atoms with Gasteiger partial charge in [0.25, 0.3) is 5.91 Å². The highest BCUT2D eigenvalue weighted by atomic mass is 35.5. The third-order valence-corrected chi connectivity index (χ3v) is 3.49. The lowest BCUT2D eigenvalue weighted by atomic mass is 10.1. The second-order valence-corrected chi connectivity index (χ2v) is 5.19. The van der Waals surface area contributed by atoms with Crippen molar-refractivity contribution in [3.05, 3.63) is 57.3 Å². The van der Waals surface area contributed by atoms with Gasteiger partial charge in [-0.05, 0) is 42.8 Å². The number of nitrogens with one attached hydrogen (secondary N) is 2. The monoisotopic (exact) mass is 327 g/mol. The Labute approximate surface area is 131 Å². The summed E-state index contributed by atoms with van der Waals surface area (Å²) in [5.74, 6) is 4.36. The summed E-state index contributed by atoms with van der Waals surface area (Å²) in [6, 6.07) is 7.10. The van der Waals surface area contributed by atoms with Gasteiger partial charge in [-0.3, -0.25) is 10.6 Å². The first-order valence-electron chi connectivity index (χ1n) is 5.95. The van der Waals surface area contributed by atoms with Crippen LogP contribution in [0.4, 0.5) is 15.8 Å². The summed E-state index contributed by atoms with van der Waals surface area (Å²) in [6.07, 6.45) is 0. The number of anilines is 2. The first-order chi connectivity index (χ1) is 9.92. The predicted octanol–water partition coefficient (Wildman–Crippen LogP) is 3.98. The van der Waals surface area contributed by atoms with Gasteiger partial charge in [0, 0.05) is 5.56 Å². The van der Waals surface area contributed by atoms with Crippen LogP contribution in [0.15, 0.2) is 30.3 Å². The van der Waals surface area contributed by atoms with Gasteiger partial charge >= 0.3 is 0 Å². The maximum absolute atomic E-state index is 13.1. The van der Waals surface area contributed by atoms with Crippen molar-refractivity contribution in [2.45, 2.75) is 6.92 Å². The summed E-state index contributed by atoms with van der Waals surface area (Å²) in [5.41, 5.74) is 4.61. The quantitative estimate of drug-likeness (QED) is 0.590. The van der Waals surface area contributed by atoms with Crippen LogP contribution in [0.1, 0.15) is 15.9 Å². The SMILES string of the molecule is Cc1cc(C(=O)Nc2c(Cl)cc(F)cc2Cl)ccc1NN. The fraction of sp³-hybridized carbons (Fsp3) is 0.0714. The number of hydrogen-bond acceptors (Lipinski definition) is 3. The van der Waals surface area contributed by atoms with Gasteiger partial charge in [-0.1, -0.05) is 23.2 Å². The van der Waals surface area contributed by atoms with Crippen LogP contribution in [-0.4, -0.2) is 5.91 Å². The summed E-state index contributed by atoms with van der Waals surface area (Å²) in [5, 5.41) is 2.63. The Balaban J connectivity index is 2.28. The number of rotatable bonds is 3. The maximum Gasteiger partial charge on any atom is 0.255 e. The lowest BCUT2D eigenvalue weighted by Crippen LogP contribution is -2.14. The van der Waals surface area contributed by atoms with Gasteiger partial charge < -0.3 is 10.7 Å². The van der Waals surface area contributed by atoms with Crippen molar-refractivity contribution in [1.82, 2.24) is 0 Å². The molecule has 0 saturated carbocycles. The van der Waals surface area contributed by atoms with Crippen molar-refractivity contribution >= 4 is 40.5 Å². The van der Waals surface area contributed by atoms with E-state index in [0.29, 0.717) is 11.3 Å². The molecule has 0 bridgehead atoms. The largest absolute Gasteiger partial charge is 0.324 e. The van der Waals surface area contributed by atoms with E-state index in [2.05, 4.69) is 10.7 Å². The third-order valence-electron chi connectivity index (χ3n) is 2.89. The highest BCUT2D eigenvalue weighted by Crippen LogP contribution is 2.31. The molecule has 110 valence electrons. The zero-order valence-electron chi connectivity index (χ0n) is 11.0. The minimum absolute atomic E-state index is 0.0327. The van der Waals surface area contributed by atoms with Crippen LogP contribution in [0, 0.1) is 12.7 Å². The lowest BCUT2D eigenvalue weighted by molar-refractivity contribution is 0.102. The fourth-order valence-electron chi connectivity index (χ4n) is 1.81. The number of carbonyl (C=O) groups is 1. The van der Waals surface area contributed by atoms with Gasteiger partial charge in [0.15, 0.2) is 0 Å². The second kappa shape index (κ2) is 6.30. The molecule has 0 spiro atoms. The molecular formula is C14H12Cl2FN3O. The first kappa shape index (κ1) is 15.6. The molecule has 0 aliphatic carbocycles. The molecule has 0 fully saturated rings. The van der Waals surface area contributed by atoms with Crippen molar-refractivity contribution in [3.8, 4) is 0 Å². The average molecular weight is 328 g/mol. The summed E-state index contributed by atoms with van der Waals surface area (Å²) in [4.78, 5) is 12.2. The lowest BCUT2D eigenvalue weighted by Gasteiger charge is -2.11. The van der Waals surface area contributed by atoms with Crippen molar-refractivity contribution in [2.24, 2.45) is 5.84 Å². The van der Waals surface area contributed by atoms with E-state index < -0.39 is 11.7 Å². The molecule has 21 heavy (non-hydrogen) atoms. The zero-order valence-corrected chi connectivity index (χ0v) is 12.5. The van der Waals surface area contributed by atoms with Crippen molar-refractivity contribution in [1.29, 1.82) is 0 Å². The Bertz CT molecular complexity index is 684. The summed E-state index contributed by atoms with van der Waals surface area (Å²) < 4.78 is 13.1. The molecule has 0 unspecified atom stereocenters. The van der Waals surface area contributed by atoms with Crippen LogP contribution in [0.25, 0.3) is 0 Å². The normalized spacial score (nSPS) is 10.3. The number of hydrogen-bond donors (Lipinski definition) is 3. The van der Waals surface area contributed by atoms with Crippen molar-refractivity contribution < 1.29 is 9.18 Å². The van der Waals surface area contributed by atoms with Crippen LogP contribution in [-0.2, 0) is 0 Å². The molecule has 0 heterocycles. The molecule has 0 aromatic heterocycles. The highest BCUT2D eigenvalue weighted by Gasteiger charge is 2.14. The van der Waals surface area contributed by atoms with E-state index in [1.54, 1.807) is 18.2 Å². The number of nitrogens with two attached hydrogens (primary N) is 1. The predicted molar refractivity (Wildman–Crippen MR) is 83.4 cm³/mol. The Kier molecular flexibility index (Phi) is 4.67. The van der Waals surface area contributed by atoms with Crippen molar-refractivity contribution in [2.75, 3.05) is 10.7 Å². The molecule has 0 saturated heterocycles. The fourth-order valence-corrected chi connectivity index (χ4v) is 2.37. The van der Waals surface area contributed by atoms with Crippen molar-refractivity contribution in [3.63, 3.8) is 0 Å². The van der Waals surface area contributed by atoms with Gasteiger partial charge in [0.05, 0.1) is 21.4 Å². The Morgan fingerprint density at radius 1 is 1.19 bits per heavy atom. The van der Waals surface area contributed by atoms with Gasteiger partial charge in [0.2, 0.25) is 0 Å². The van der Waals surface area contributed by atoms with Crippen LogP contribution in [0.2, 0.25) is 10.0 Å². The summed E-state index contributed by atoms with van der Waals surface area (Å²) in [7, 11) is 0. The molecule has 7 heteroatoms. The second-order valence-electron chi connectivity index (χ2n) is 4.37. The minimum Gasteiger partial charge on any atom is -0.324 e. The number of aryl methyl sites for hydroxylation is 1. The Morgan fingerprint density at radius 3 is 2.33 bits per heavy atom. The molecule has 1 amide bonds. The number of carbonyl (C=O) groups excluding carboxylic acids is 1. The molecule has 0 atom stereocenters. The van der Waals surface area contributed by atoms with E-state index in [9.17, 15) is 9.18 Å². The highest BCUT2D eigenvalue weighted by molar-refractivity contribution is 6.40. The van der Waals surface area contributed by atoms with Gasteiger partial charge in [0.1, 0.15) is 5.82 Å². The molecule has 0 aliphatic heterocycles. The summed E-state index contributed by atoms with van der Waals surface area (Å²) >= 11 is 11.8. The number of hydrazine groups is 1. The van der Waals surface area contributed by atoms with Crippen LogP contribution >= 0.6 is 23.2 Å². The number of benzene rings is 2. The smallest absolute Gasteiger partial charge is 0.255 e. The van der Waals surface area contributed by atoms with Crippen LogP contribution < -0.4 is 16.6 Å². The number of nitrogen functional groups attached to an aromatic ring is 1. The van der Waals surface area contributed by atoms with E-state index in [0.717, 1.165) is 17.7 Å². The van der Waals surface area contributed by atoms with E-state index in [4.69, 9.17) is 29.0 Å².